The van der Waals surface area contributed by atoms with Gasteiger partial charge >= 0.3 is 0 Å². The predicted molar refractivity (Wildman–Crippen MR) is 119 cm³/mol. The minimum absolute atomic E-state index is 0.0172. The second kappa shape index (κ2) is 11.3. The number of hydrogen-bond acceptors (Lipinski definition) is 4. The molecule has 1 unspecified atom stereocenters. The molecule has 0 saturated carbocycles. The Labute approximate surface area is 182 Å². The van der Waals surface area contributed by atoms with Gasteiger partial charge in [-0.25, -0.2) is 4.39 Å². The standard InChI is InChI=1S/C25H28FNO4/c1-3-13-31-23-11-9-20(16-24(23)29-2)17-27(18-22-8-5-14-30-22)25(28)12-10-19-6-4-7-21(26)15-19/h3-4,6-7,9-12,15-16,22H,1,5,8,13-14,17-18H2,2H3/b12-10+. The molecule has 2 aromatic rings. The molecule has 1 aliphatic rings. The summed E-state index contributed by atoms with van der Waals surface area (Å²) in [5.74, 6) is 0.718. The smallest absolute Gasteiger partial charge is 0.246 e. The maximum atomic E-state index is 13.4. The summed E-state index contributed by atoms with van der Waals surface area (Å²) in [6, 6.07) is 11.7. The van der Waals surface area contributed by atoms with Gasteiger partial charge in [-0.2, -0.15) is 0 Å². The molecule has 1 atom stereocenters. The number of nitrogens with zero attached hydrogens (tertiary/aromatic N) is 1. The number of halogens is 1. The van der Waals surface area contributed by atoms with E-state index in [1.807, 2.05) is 18.2 Å². The van der Waals surface area contributed by atoms with Crippen molar-refractivity contribution in [1.82, 2.24) is 4.90 Å². The van der Waals surface area contributed by atoms with Crippen LogP contribution in [0.25, 0.3) is 6.08 Å². The summed E-state index contributed by atoms with van der Waals surface area (Å²) in [7, 11) is 1.58. The van der Waals surface area contributed by atoms with Crippen molar-refractivity contribution >= 4 is 12.0 Å². The van der Waals surface area contributed by atoms with Crippen LogP contribution in [0.5, 0.6) is 11.5 Å². The van der Waals surface area contributed by atoms with E-state index in [0.717, 1.165) is 25.0 Å². The number of benzene rings is 2. The van der Waals surface area contributed by atoms with Crippen LogP contribution in [0.3, 0.4) is 0 Å². The first-order valence-electron chi connectivity index (χ1n) is 10.3. The van der Waals surface area contributed by atoms with Crippen molar-refractivity contribution in [3.05, 3.63) is 78.1 Å². The fourth-order valence-corrected chi connectivity index (χ4v) is 3.45. The molecule has 164 valence electrons. The van der Waals surface area contributed by atoms with E-state index in [1.54, 1.807) is 36.3 Å². The van der Waals surface area contributed by atoms with Gasteiger partial charge in [0.2, 0.25) is 5.91 Å². The number of methoxy groups -OCH3 is 1. The molecule has 0 aromatic heterocycles. The molecule has 0 radical (unpaired) electrons. The molecule has 2 aromatic carbocycles. The number of rotatable bonds is 10. The van der Waals surface area contributed by atoms with Crippen molar-refractivity contribution in [1.29, 1.82) is 0 Å². The van der Waals surface area contributed by atoms with Crippen LogP contribution >= 0.6 is 0 Å². The van der Waals surface area contributed by atoms with Crippen LogP contribution in [0.2, 0.25) is 0 Å². The highest BCUT2D eigenvalue weighted by Crippen LogP contribution is 2.29. The van der Waals surface area contributed by atoms with E-state index in [9.17, 15) is 9.18 Å². The molecule has 3 rings (SSSR count). The molecule has 31 heavy (non-hydrogen) atoms. The lowest BCUT2D eigenvalue weighted by atomic mass is 10.1. The Morgan fingerprint density at radius 1 is 1.29 bits per heavy atom. The molecule has 0 aliphatic carbocycles. The minimum Gasteiger partial charge on any atom is -0.493 e. The Balaban J connectivity index is 1.76. The molecule has 1 fully saturated rings. The van der Waals surface area contributed by atoms with E-state index in [0.29, 0.717) is 36.8 Å². The Bertz CT molecular complexity index is 921. The zero-order chi connectivity index (χ0) is 22.1. The normalized spacial score (nSPS) is 15.7. The van der Waals surface area contributed by atoms with Gasteiger partial charge in [0.1, 0.15) is 12.4 Å². The maximum absolute atomic E-state index is 13.4. The van der Waals surface area contributed by atoms with Crippen molar-refractivity contribution in [2.75, 3.05) is 26.9 Å². The van der Waals surface area contributed by atoms with Gasteiger partial charge in [-0.1, -0.05) is 30.9 Å². The molecule has 0 bridgehead atoms. The van der Waals surface area contributed by atoms with Crippen LogP contribution in [0.4, 0.5) is 4.39 Å². The van der Waals surface area contributed by atoms with Crippen molar-refractivity contribution in [3.8, 4) is 11.5 Å². The van der Waals surface area contributed by atoms with E-state index in [2.05, 4.69) is 6.58 Å². The summed E-state index contributed by atoms with van der Waals surface area (Å²) < 4.78 is 30.2. The van der Waals surface area contributed by atoms with E-state index < -0.39 is 0 Å². The van der Waals surface area contributed by atoms with Crippen LogP contribution in [0, 0.1) is 5.82 Å². The third-order valence-electron chi connectivity index (χ3n) is 4.98. The molecule has 1 amide bonds. The van der Waals surface area contributed by atoms with E-state index in [-0.39, 0.29) is 17.8 Å². The average Bonchev–Trinajstić information content (AvgIpc) is 3.29. The molecule has 0 N–H and O–H groups in total. The first-order chi connectivity index (χ1) is 15.1. The first-order valence-corrected chi connectivity index (χ1v) is 10.3. The van der Waals surface area contributed by atoms with Gasteiger partial charge in [0, 0.05) is 25.8 Å². The molecule has 5 nitrogen and oxygen atoms in total. The van der Waals surface area contributed by atoms with Gasteiger partial charge < -0.3 is 19.1 Å². The lowest BCUT2D eigenvalue weighted by molar-refractivity contribution is -0.128. The number of ether oxygens (including phenoxy) is 3. The lowest BCUT2D eigenvalue weighted by Gasteiger charge is -2.25. The molecular formula is C25H28FNO4. The fraction of sp³-hybridized carbons (Fsp3) is 0.320. The third kappa shape index (κ3) is 6.69. The number of amides is 1. The zero-order valence-electron chi connectivity index (χ0n) is 17.8. The summed E-state index contributed by atoms with van der Waals surface area (Å²) in [6.07, 6.45) is 6.71. The lowest BCUT2D eigenvalue weighted by Crippen LogP contribution is -2.35. The van der Waals surface area contributed by atoms with Crippen LogP contribution in [0.15, 0.2) is 61.2 Å². The van der Waals surface area contributed by atoms with Gasteiger partial charge in [-0.3, -0.25) is 4.79 Å². The molecule has 6 heteroatoms. The summed E-state index contributed by atoms with van der Waals surface area (Å²) in [5.41, 5.74) is 1.55. The van der Waals surface area contributed by atoms with Crippen LogP contribution in [-0.4, -0.2) is 43.8 Å². The summed E-state index contributed by atoms with van der Waals surface area (Å²) in [4.78, 5) is 14.7. The highest BCUT2D eigenvalue weighted by atomic mass is 19.1. The number of hydrogen-bond donors (Lipinski definition) is 0. The summed E-state index contributed by atoms with van der Waals surface area (Å²) in [6.45, 7) is 5.63. The second-order valence-electron chi connectivity index (χ2n) is 7.33. The topological polar surface area (TPSA) is 48.0 Å². The fourth-order valence-electron chi connectivity index (χ4n) is 3.45. The largest absolute Gasteiger partial charge is 0.493 e. The van der Waals surface area contributed by atoms with Gasteiger partial charge in [0.15, 0.2) is 11.5 Å². The molecule has 1 saturated heterocycles. The highest BCUT2D eigenvalue weighted by Gasteiger charge is 2.22. The first kappa shape index (κ1) is 22.6. The minimum atomic E-state index is -0.336. The predicted octanol–water partition coefficient (Wildman–Crippen LogP) is 4.62. The van der Waals surface area contributed by atoms with Crippen molar-refractivity contribution in [2.45, 2.75) is 25.5 Å². The zero-order valence-corrected chi connectivity index (χ0v) is 17.8. The maximum Gasteiger partial charge on any atom is 0.246 e. The SMILES string of the molecule is C=CCOc1ccc(CN(CC2CCCO2)C(=O)/C=C/c2cccc(F)c2)cc1OC. The van der Waals surface area contributed by atoms with E-state index >= 15 is 0 Å². The van der Waals surface area contributed by atoms with Gasteiger partial charge in [0.05, 0.1) is 13.2 Å². The van der Waals surface area contributed by atoms with E-state index in [1.165, 1.54) is 18.2 Å². The Morgan fingerprint density at radius 3 is 2.87 bits per heavy atom. The Kier molecular flexibility index (Phi) is 8.24. The molecule has 1 heterocycles. The van der Waals surface area contributed by atoms with Crippen LogP contribution < -0.4 is 9.47 Å². The van der Waals surface area contributed by atoms with E-state index in [4.69, 9.17) is 14.2 Å². The second-order valence-corrected chi connectivity index (χ2v) is 7.33. The number of carbonyl (C=O) groups excluding carboxylic acids is 1. The Morgan fingerprint density at radius 2 is 2.16 bits per heavy atom. The summed E-state index contributed by atoms with van der Waals surface area (Å²) >= 11 is 0. The molecule has 1 aliphatic heterocycles. The highest BCUT2D eigenvalue weighted by molar-refractivity contribution is 5.91. The van der Waals surface area contributed by atoms with Crippen molar-refractivity contribution in [2.24, 2.45) is 0 Å². The van der Waals surface area contributed by atoms with Crippen molar-refractivity contribution in [3.63, 3.8) is 0 Å². The number of carbonyl (C=O) groups is 1. The average molecular weight is 426 g/mol. The molecular weight excluding hydrogens is 397 g/mol. The van der Waals surface area contributed by atoms with Gasteiger partial charge in [-0.05, 0) is 54.3 Å². The Hall–Kier alpha value is -3.12. The van der Waals surface area contributed by atoms with Crippen LogP contribution in [0.1, 0.15) is 24.0 Å². The quantitative estimate of drug-likeness (QED) is 0.412. The monoisotopic (exact) mass is 425 g/mol. The van der Waals surface area contributed by atoms with Crippen LogP contribution in [-0.2, 0) is 16.1 Å². The summed E-state index contributed by atoms with van der Waals surface area (Å²) in [5, 5.41) is 0. The van der Waals surface area contributed by atoms with Crippen molar-refractivity contribution < 1.29 is 23.4 Å². The van der Waals surface area contributed by atoms with Gasteiger partial charge in [0.25, 0.3) is 0 Å². The third-order valence-corrected chi connectivity index (χ3v) is 4.98. The van der Waals surface area contributed by atoms with Gasteiger partial charge in [-0.15, -0.1) is 0 Å². The molecule has 0 spiro atoms.